The summed E-state index contributed by atoms with van der Waals surface area (Å²) in [6.07, 6.45) is 7.20. The number of carbonyl (C=O) groups excluding carboxylic acids is 1. The Balaban J connectivity index is 1.63. The van der Waals surface area contributed by atoms with E-state index in [2.05, 4.69) is 20.0 Å². The topological polar surface area (TPSA) is 101 Å². The number of nitrogens with one attached hydrogen (secondary N) is 2. The predicted octanol–water partition coefficient (Wildman–Crippen LogP) is 1.63. The number of benzene rings is 1. The highest BCUT2D eigenvalue weighted by Crippen LogP contribution is 2.18. The summed E-state index contributed by atoms with van der Waals surface area (Å²) in [7, 11) is -3.67. The highest BCUT2D eigenvalue weighted by atomic mass is 32.2. The van der Waals surface area contributed by atoms with Crippen LogP contribution in [0.5, 0.6) is 0 Å². The molecule has 132 valence electrons. The van der Waals surface area contributed by atoms with Crippen LogP contribution in [0, 0.1) is 0 Å². The molecule has 3 rings (SSSR count). The maximum Gasteiger partial charge on any atom is 0.251 e. The van der Waals surface area contributed by atoms with E-state index in [-0.39, 0.29) is 23.4 Å². The van der Waals surface area contributed by atoms with Crippen molar-refractivity contribution in [1.29, 1.82) is 0 Å². The highest BCUT2D eigenvalue weighted by molar-refractivity contribution is 7.89. The lowest BCUT2D eigenvalue weighted by Crippen LogP contribution is -2.32. The van der Waals surface area contributed by atoms with Gasteiger partial charge < -0.3 is 5.32 Å². The Kier molecular flexibility index (Phi) is 5.40. The van der Waals surface area contributed by atoms with Gasteiger partial charge in [-0.25, -0.2) is 23.1 Å². The van der Waals surface area contributed by atoms with Gasteiger partial charge in [0.15, 0.2) is 0 Å². The third-order valence-corrected chi connectivity index (χ3v) is 5.62. The largest absolute Gasteiger partial charge is 0.349 e. The molecule has 0 unspecified atom stereocenters. The molecule has 1 saturated carbocycles. The Labute approximate surface area is 146 Å². The Bertz CT molecular complexity index is 817. The van der Waals surface area contributed by atoms with Crippen LogP contribution in [0.25, 0.3) is 0 Å². The van der Waals surface area contributed by atoms with Crippen molar-refractivity contribution in [2.75, 3.05) is 0 Å². The maximum atomic E-state index is 12.3. The van der Waals surface area contributed by atoms with Gasteiger partial charge in [0, 0.05) is 17.8 Å². The molecule has 0 saturated heterocycles. The van der Waals surface area contributed by atoms with Gasteiger partial charge in [-0.05, 0) is 43.2 Å². The molecule has 7 nitrogen and oxygen atoms in total. The zero-order chi connectivity index (χ0) is 17.7. The van der Waals surface area contributed by atoms with Gasteiger partial charge >= 0.3 is 0 Å². The molecule has 0 spiro atoms. The van der Waals surface area contributed by atoms with Gasteiger partial charge in [0.1, 0.15) is 6.33 Å². The van der Waals surface area contributed by atoms with Crippen molar-refractivity contribution >= 4 is 15.9 Å². The molecule has 1 aliphatic carbocycles. The average Bonchev–Trinajstić information content (AvgIpc) is 3.14. The van der Waals surface area contributed by atoms with E-state index in [1.54, 1.807) is 12.3 Å². The fourth-order valence-electron chi connectivity index (χ4n) is 2.80. The maximum absolute atomic E-state index is 12.3. The Hall–Kier alpha value is -2.32. The summed E-state index contributed by atoms with van der Waals surface area (Å²) in [5, 5.41) is 2.98. The minimum absolute atomic E-state index is 0.0781. The summed E-state index contributed by atoms with van der Waals surface area (Å²) < 4.78 is 27.1. The van der Waals surface area contributed by atoms with Crippen LogP contribution >= 0.6 is 0 Å². The van der Waals surface area contributed by atoms with Crippen LogP contribution in [0.4, 0.5) is 0 Å². The molecule has 0 aliphatic heterocycles. The molecule has 0 atom stereocenters. The van der Waals surface area contributed by atoms with Crippen molar-refractivity contribution in [3.63, 3.8) is 0 Å². The van der Waals surface area contributed by atoms with Crippen LogP contribution in [0.1, 0.15) is 41.7 Å². The SMILES string of the molecule is O=C(NC1CCCC1)c1ccc(S(=O)(=O)NCc2ccncn2)cc1. The molecular formula is C17H20N4O3S. The second-order valence-corrected chi connectivity index (χ2v) is 7.77. The van der Waals surface area contributed by atoms with Crippen molar-refractivity contribution in [2.24, 2.45) is 0 Å². The van der Waals surface area contributed by atoms with E-state index in [4.69, 9.17) is 0 Å². The average molecular weight is 360 g/mol. The van der Waals surface area contributed by atoms with E-state index in [1.807, 2.05) is 0 Å². The molecule has 1 fully saturated rings. The van der Waals surface area contributed by atoms with Crippen LogP contribution in [0.3, 0.4) is 0 Å². The number of sulfonamides is 1. The molecule has 2 aromatic rings. The highest BCUT2D eigenvalue weighted by Gasteiger charge is 2.19. The molecule has 0 bridgehead atoms. The second kappa shape index (κ2) is 7.71. The first-order chi connectivity index (χ1) is 12.0. The zero-order valence-corrected chi connectivity index (χ0v) is 14.5. The second-order valence-electron chi connectivity index (χ2n) is 6.00. The third-order valence-electron chi connectivity index (χ3n) is 4.20. The van der Waals surface area contributed by atoms with E-state index in [0.717, 1.165) is 25.7 Å². The third kappa shape index (κ3) is 4.61. The van der Waals surface area contributed by atoms with Crippen molar-refractivity contribution in [1.82, 2.24) is 20.0 Å². The fourth-order valence-corrected chi connectivity index (χ4v) is 3.80. The summed E-state index contributed by atoms with van der Waals surface area (Å²) in [6.45, 7) is 0.0781. The molecule has 1 aromatic carbocycles. The summed E-state index contributed by atoms with van der Waals surface area (Å²) >= 11 is 0. The zero-order valence-electron chi connectivity index (χ0n) is 13.7. The summed E-state index contributed by atoms with van der Waals surface area (Å²) in [6, 6.07) is 7.80. The minimum atomic E-state index is -3.67. The van der Waals surface area contributed by atoms with E-state index < -0.39 is 10.0 Å². The summed E-state index contributed by atoms with van der Waals surface area (Å²) in [5.74, 6) is -0.162. The normalized spacial score (nSPS) is 15.2. The quantitative estimate of drug-likeness (QED) is 0.815. The molecular weight excluding hydrogens is 340 g/mol. The Morgan fingerprint density at radius 2 is 1.84 bits per heavy atom. The first-order valence-corrected chi connectivity index (χ1v) is 9.68. The van der Waals surface area contributed by atoms with Crippen molar-refractivity contribution in [3.05, 3.63) is 54.1 Å². The number of nitrogens with zero attached hydrogens (tertiary/aromatic N) is 2. The van der Waals surface area contributed by atoms with Crippen molar-refractivity contribution < 1.29 is 13.2 Å². The van der Waals surface area contributed by atoms with Gasteiger partial charge in [-0.3, -0.25) is 4.79 Å². The molecule has 1 aliphatic rings. The van der Waals surface area contributed by atoms with E-state index >= 15 is 0 Å². The van der Waals surface area contributed by atoms with E-state index in [1.165, 1.54) is 30.6 Å². The number of rotatable bonds is 6. The smallest absolute Gasteiger partial charge is 0.251 e. The van der Waals surface area contributed by atoms with Gasteiger partial charge in [0.2, 0.25) is 10.0 Å². The predicted molar refractivity (Wildman–Crippen MR) is 92.2 cm³/mol. The molecule has 8 heteroatoms. The van der Waals surface area contributed by atoms with Gasteiger partial charge in [0.05, 0.1) is 17.1 Å². The van der Waals surface area contributed by atoms with Crippen LogP contribution in [-0.4, -0.2) is 30.3 Å². The Morgan fingerprint density at radius 3 is 2.48 bits per heavy atom. The molecule has 1 aromatic heterocycles. The van der Waals surface area contributed by atoms with Gasteiger partial charge in [-0.2, -0.15) is 0 Å². The number of amides is 1. The Morgan fingerprint density at radius 1 is 1.12 bits per heavy atom. The molecule has 25 heavy (non-hydrogen) atoms. The van der Waals surface area contributed by atoms with Gasteiger partial charge in [0.25, 0.3) is 5.91 Å². The van der Waals surface area contributed by atoms with Crippen molar-refractivity contribution in [2.45, 2.75) is 43.2 Å². The van der Waals surface area contributed by atoms with E-state index in [9.17, 15) is 13.2 Å². The number of aromatic nitrogens is 2. The number of hydrogen-bond donors (Lipinski definition) is 2. The number of carbonyl (C=O) groups is 1. The molecule has 0 radical (unpaired) electrons. The fraction of sp³-hybridized carbons (Fsp3) is 0.353. The first kappa shape index (κ1) is 17.5. The van der Waals surface area contributed by atoms with E-state index in [0.29, 0.717) is 11.3 Å². The van der Waals surface area contributed by atoms with Crippen molar-refractivity contribution in [3.8, 4) is 0 Å². The molecule has 1 heterocycles. The van der Waals surface area contributed by atoms with Crippen LogP contribution in [0.2, 0.25) is 0 Å². The first-order valence-electron chi connectivity index (χ1n) is 8.20. The summed E-state index contributed by atoms with van der Waals surface area (Å²) in [4.78, 5) is 20.0. The van der Waals surface area contributed by atoms with Crippen LogP contribution < -0.4 is 10.0 Å². The number of hydrogen-bond acceptors (Lipinski definition) is 5. The molecule has 2 N–H and O–H groups in total. The standard InChI is InChI=1S/C17H20N4O3S/c22-17(21-14-3-1-2-4-14)13-5-7-16(8-6-13)25(23,24)20-11-15-9-10-18-12-19-15/h5-10,12,14,20H,1-4,11H2,(H,21,22). The lowest BCUT2D eigenvalue weighted by atomic mass is 10.2. The summed E-state index contributed by atoms with van der Waals surface area (Å²) in [5.41, 5.74) is 1.03. The lowest BCUT2D eigenvalue weighted by molar-refractivity contribution is 0.0938. The van der Waals surface area contributed by atoms with Crippen LogP contribution in [0.15, 0.2) is 47.8 Å². The van der Waals surface area contributed by atoms with Crippen LogP contribution in [-0.2, 0) is 16.6 Å². The molecule has 1 amide bonds. The lowest BCUT2D eigenvalue weighted by Gasteiger charge is -2.12. The monoisotopic (exact) mass is 360 g/mol. The minimum Gasteiger partial charge on any atom is -0.349 e. The van der Waals surface area contributed by atoms with Gasteiger partial charge in [-0.1, -0.05) is 12.8 Å². The van der Waals surface area contributed by atoms with Gasteiger partial charge in [-0.15, -0.1) is 0 Å².